The number of sulfonamides is 1. The second-order valence-electron chi connectivity index (χ2n) is 4.81. The molecule has 0 aliphatic heterocycles. The number of hydrogen-bond donors (Lipinski definition) is 1. The maximum absolute atomic E-state index is 12.3. The third kappa shape index (κ3) is 4.17. The lowest BCUT2D eigenvalue weighted by molar-refractivity contribution is 0.274. The number of nitrogens with zero attached hydrogens (tertiary/aromatic N) is 1. The predicted octanol–water partition coefficient (Wildman–Crippen LogP) is 2.78. The zero-order valence-electron chi connectivity index (χ0n) is 12.3. The molecule has 0 saturated carbocycles. The van der Waals surface area contributed by atoms with Crippen molar-refractivity contribution in [1.82, 2.24) is 4.98 Å². The first-order chi connectivity index (χ1) is 10.4. The van der Waals surface area contributed by atoms with Crippen molar-refractivity contribution in [3.63, 3.8) is 0 Å². The van der Waals surface area contributed by atoms with E-state index in [1.165, 1.54) is 0 Å². The van der Waals surface area contributed by atoms with Crippen LogP contribution in [0.5, 0.6) is 5.75 Å². The van der Waals surface area contributed by atoms with Gasteiger partial charge in [-0.1, -0.05) is 6.07 Å². The highest BCUT2D eigenvalue weighted by Crippen LogP contribution is 2.32. The maximum atomic E-state index is 12.3. The zero-order valence-corrected chi connectivity index (χ0v) is 13.2. The van der Waals surface area contributed by atoms with Gasteiger partial charge in [-0.05, 0) is 36.2 Å². The van der Waals surface area contributed by atoms with E-state index in [2.05, 4.69) is 9.71 Å². The van der Waals surface area contributed by atoms with E-state index in [0.29, 0.717) is 11.4 Å². The number of anilines is 1. The predicted molar refractivity (Wildman–Crippen MR) is 84.3 cm³/mol. The van der Waals surface area contributed by atoms with Crippen molar-refractivity contribution in [3.05, 3.63) is 42.2 Å². The summed E-state index contributed by atoms with van der Waals surface area (Å²) in [6, 6.07) is 6.84. The van der Waals surface area contributed by atoms with Gasteiger partial charge in [-0.25, -0.2) is 12.8 Å². The summed E-state index contributed by atoms with van der Waals surface area (Å²) in [5, 5.41) is 0. The van der Waals surface area contributed by atoms with Gasteiger partial charge in [0.15, 0.2) is 0 Å². The summed E-state index contributed by atoms with van der Waals surface area (Å²) in [6.45, 7) is 1.26. The average Bonchev–Trinajstić information content (AvgIpc) is 2.44. The largest absolute Gasteiger partial charge is 0.490 e. The molecule has 0 amide bonds. The van der Waals surface area contributed by atoms with Crippen molar-refractivity contribution in [2.45, 2.75) is 6.92 Å². The molecule has 0 radical (unpaired) electrons. The molecule has 0 saturated heterocycles. The highest BCUT2D eigenvalue weighted by Gasteiger charge is 2.11. The monoisotopic (exact) mass is 324 g/mol. The van der Waals surface area contributed by atoms with Crippen LogP contribution in [0, 0.1) is 6.92 Å². The minimum Gasteiger partial charge on any atom is -0.490 e. The number of aryl methyl sites for hydroxylation is 1. The number of halogens is 1. The third-order valence-electron chi connectivity index (χ3n) is 2.94. The highest BCUT2D eigenvalue weighted by atomic mass is 32.2. The topological polar surface area (TPSA) is 68.3 Å². The molecule has 7 heteroatoms. The molecule has 0 aliphatic rings. The van der Waals surface area contributed by atoms with Gasteiger partial charge in [-0.3, -0.25) is 9.71 Å². The normalized spacial score (nSPS) is 11.2. The smallest absolute Gasteiger partial charge is 0.229 e. The second-order valence-corrected chi connectivity index (χ2v) is 6.56. The Bertz CT molecular complexity index is 763. The fourth-order valence-electron chi connectivity index (χ4n) is 2.10. The Labute approximate surface area is 129 Å². The number of pyridine rings is 1. The Kier molecular flexibility index (Phi) is 4.97. The molecule has 0 aliphatic carbocycles. The van der Waals surface area contributed by atoms with E-state index >= 15 is 0 Å². The third-order valence-corrected chi connectivity index (χ3v) is 3.54. The molecule has 0 spiro atoms. The molecule has 1 aromatic heterocycles. The number of rotatable bonds is 6. The number of hydrogen-bond acceptors (Lipinski definition) is 4. The lowest BCUT2D eigenvalue weighted by Crippen LogP contribution is -2.09. The van der Waals surface area contributed by atoms with Crippen LogP contribution < -0.4 is 9.46 Å². The van der Waals surface area contributed by atoms with Crippen LogP contribution in [0.3, 0.4) is 0 Å². The molecule has 2 rings (SSSR count). The molecule has 0 bridgehead atoms. The van der Waals surface area contributed by atoms with Crippen LogP contribution in [-0.4, -0.2) is 32.9 Å². The summed E-state index contributed by atoms with van der Waals surface area (Å²) in [4.78, 5) is 4.07. The van der Waals surface area contributed by atoms with Gasteiger partial charge in [0.1, 0.15) is 19.0 Å². The van der Waals surface area contributed by atoms with Crippen LogP contribution in [0.4, 0.5) is 10.1 Å². The van der Waals surface area contributed by atoms with Gasteiger partial charge < -0.3 is 4.74 Å². The van der Waals surface area contributed by atoms with Crippen molar-refractivity contribution >= 4 is 15.7 Å². The van der Waals surface area contributed by atoms with E-state index in [-0.39, 0.29) is 6.61 Å². The molecule has 22 heavy (non-hydrogen) atoms. The van der Waals surface area contributed by atoms with Crippen LogP contribution in [0.15, 0.2) is 36.7 Å². The van der Waals surface area contributed by atoms with Crippen LogP contribution in [0.2, 0.25) is 0 Å². The molecule has 5 nitrogen and oxygen atoms in total. The zero-order chi connectivity index (χ0) is 16.2. The number of nitrogens with one attached hydrogen (secondary N) is 1. The lowest BCUT2D eigenvalue weighted by Gasteiger charge is -2.13. The van der Waals surface area contributed by atoms with Crippen molar-refractivity contribution in [2.75, 3.05) is 24.3 Å². The van der Waals surface area contributed by atoms with E-state index in [1.807, 2.05) is 6.92 Å². The number of alkyl halides is 1. The fourth-order valence-corrected chi connectivity index (χ4v) is 2.66. The van der Waals surface area contributed by atoms with E-state index in [9.17, 15) is 12.8 Å². The number of aromatic nitrogens is 1. The van der Waals surface area contributed by atoms with Gasteiger partial charge >= 0.3 is 0 Å². The van der Waals surface area contributed by atoms with E-state index in [4.69, 9.17) is 4.74 Å². The van der Waals surface area contributed by atoms with Crippen molar-refractivity contribution in [1.29, 1.82) is 0 Å². The summed E-state index contributed by atoms with van der Waals surface area (Å²) in [6.07, 6.45) is 4.31. The minimum atomic E-state index is -3.32. The van der Waals surface area contributed by atoms with Crippen molar-refractivity contribution < 1.29 is 17.5 Å². The van der Waals surface area contributed by atoms with Gasteiger partial charge in [0.05, 0.1) is 6.26 Å². The molecule has 0 fully saturated rings. The molecular weight excluding hydrogens is 307 g/mol. The van der Waals surface area contributed by atoms with E-state index in [0.717, 1.165) is 22.9 Å². The Hall–Kier alpha value is -2.15. The number of ether oxygens (including phenoxy) is 1. The van der Waals surface area contributed by atoms with Gasteiger partial charge in [0, 0.05) is 23.6 Å². The molecule has 118 valence electrons. The Morgan fingerprint density at radius 1 is 1.27 bits per heavy atom. The van der Waals surface area contributed by atoms with Crippen LogP contribution in [-0.2, 0) is 10.0 Å². The first kappa shape index (κ1) is 16.2. The lowest BCUT2D eigenvalue weighted by atomic mass is 10.0. The molecule has 1 N–H and O–H groups in total. The number of benzene rings is 1. The van der Waals surface area contributed by atoms with Gasteiger partial charge in [-0.15, -0.1) is 0 Å². The molecule has 1 aromatic carbocycles. The van der Waals surface area contributed by atoms with E-state index in [1.54, 1.807) is 36.7 Å². The van der Waals surface area contributed by atoms with Crippen molar-refractivity contribution in [2.24, 2.45) is 0 Å². The summed E-state index contributed by atoms with van der Waals surface area (Å²) in [5.74, 6) is 0.541. The standard InChI is InChI=1S/C15H17FN2O3S/c1-11-9-12(18-22(2,19)20)3-4-13(11)14-10-17-7-5-15(14)21-8-6-16/h3-5,7,9-10,18H,6,8H2,1-2H3. The SMILES string of the molecule is Cc1cc(NS(C)(=O)=O)ccc1-c1cnccc1OCCF. The molecule has 0 atom stereocenters. The van der Waals surface area contributed by atoms with Gasteiger partial charge in [0.25, 0.3) is 0 Å². The van der Waals surface area contributed by atoms with Gasteiger partial charge in [-0.2, -0.15) is 0 Å². The minimum absolute atomic E-state index is 0.0240. The van der Waals surface area contributed by atoms with Crippen LogP contribution in [0.1, 0.15) is 5.56 Å². The Morgan fingerprint density at radius 2 is 2.05 bits per heavy atom. The molecule has 2 aromatic rings. The Morgan fingerprint density at radius 3 is 2.68 bits per heavy atom. The highest BCUT2D eigenvalue weighted by molar-refractivity contribution is 7.92. The Balaban J connectivity index is 2.37. The second kappa shape index (κ2) is 6.74. The summed E-state index contributed by atoms with van der Waals surface area (Å²) < 4.78 is 42.6. The van der Waals surface area contributed by atoms with E-state index < -0.39 is 16.7 Å². The van der Waals surface area contributed by atoms with Crippen LogP contribution in [0.25, 0.3) is 11.1 Å². The summed E-state index contributed by atoms with van der Waals surface area (Å²) in [5.41, 5.74) is 2.92. The first-order valence-electron chi connectivity index (χ1n) is 6.62. The van der Waals surface area contributed by atoms with Gasteiger partial charge in [0.2, 0.25) is 10.0 Å². The average molecular weight is 324 g/mol. The fraction of sp³-hybridized carbons (Fsp3) is 0.267. The quantitative estimate of drug-likeness (QED) is 0.887. The maximum Gasteiger partial charge on any atom is 0.229 e. The van der Waals surface area contributed by atoms with Crippen LogP contribution >= 0.6 is 0 Å². The molecule has 1 heterocycles. The summed E-state index contributed by atoms with van der Waals surface area (Å²) >= 11 is 0. The molecule has 0 unspecified atom stereocenters. The summed E-state index contributed by atoms with van der Waals surface area (Å²) in [7, 11) is -3.32. The van der Waals surface area contributed by atoms with Crippen molar-refractivity contribution in [3.8, 4) is 16.9 Å². The first-order valence-corrected chi connectivity index (χ1v) is 8.51. The molecular formula is C15H17FN2O3S.